The molecule has 0 unspecified atom stereocenters. The first-order valence-corrected chi connectivity index (χ1v) is 30.9. The molecule has 3 aliphatic carbocycles. The number of ether oxygens (including phenoxy) is 2. The van der Waals surface area contributed by atoms with Crippen molar-refractivity contribution in [2.45, 2.75) is 137 Å². The lowest BCUT2D eigenvalue weighted by atomic mass is 9.45. The lowest BCUT2D eigenvalue weighted by Crippen LogP contribution is -2.67. The van der Waals surface area contributed by atoms with Gasteiger partial charge in [0.15, 0.2) is 29.1 Å². The van der Waals surface area contributed by atoms with Gasteiger partial charge >= 0.3 is 11.9 Å². The van der Waals surface area contributed by atoms with Gasteiger partial charge in [-0.3, -0.25) is 9.69 Å². The Hall–Kier alpha value is -8.79. The van der Waals surface area contributed by atoms with Crippen molar-refractivity contribution in [3.05, 3.63) is 160 Å². The van der Waals surface area contributed by atoms with Gasteiger partial charge in [-0.05, 0) is 122 Å². The number of nitrogens with zero attached hydrogens (tertiary/aromatic N) is 3. The van der Waals surface area contributed by atoms with Crippen LogP contribution in [0.3, 0.4) is 0 Å². The number of aliphatic hydroxyl groups excluding tert-OH is 6. The van der Waals surface area contributed by atoms with Gasteiger partial charge in [0.2, 0.25) is 5.75 Å². The molecule has 18 N–H and O–H groups in total. The highest BCUT2D eigenvalue weighted by Crippen LogP contribution is 2.72. The molecule has 25 nitrogen and oxygen atoms in total. The monoisotopic (exact) mass is 1270 g/mol. The SMILES string of the molecule is NC(=NCc1ccccc1)NCCC[C@H](O)CCC1=C[C@]2(C(=O)O)[C@@H](c3c(cc(O[C@]4(O)O[C@H](CO)[C@@H](O)[C@H](O)[C@H]4O)c(O)c3O)N2C(=O)/C=C/c2ccc(O)c(Cc3[nH]cnc3C[C@H](C=O)Nc3ccc[nH]3)c2)[C@@H]1[C@@]12c3c(O)cccc3CC[C@H]1CCC[C@@H]2CO. The zero-order valence-corrected chi connectivity index (χ0v) is 50.3. The number of benzene rings is 4. The minimum Gasteiger partial charge on any atom is -0.508 e. The Kier molecular flexibility index (Phi) is 18.9. The standard InChI is InChI=1S/C67H78N8O17/c68-64(71-31-37-8-2-1-3-9-37)70-25-6-13-44(79)21-19-39-30-65(63(88)89)57(56(39)66-41(11-5-12-42(66)32-76)20-18-38-10-4-14-49(81)55(38)66)54-47(29-50(58(83)60(54)85)91-67(90)62(87)61(86)59(84)51(34-78)92-67)75(65)53(82)23-17-36-16-22-48(80)40(26-36)27-45-46(73-35-72-45)28-43(33-77)74-52-15-7-24-69-52/h1-4,7-10,14-17,22-24,26,29-30,33,35,41-44,51,56-57,59,61-62,69,74,76,78-81,83-87,90H,5-6,11-13,18-21,25,27-28,31-32,34H2,(H,72,73)(H,88,89)(H3,68,70,71)/b23-17+/t41-,42-,43-,44+,51-,56-,57+,59-,61+,62-,65-,66+,67+/m1/s1. The summed E-state index contributed by atoms with van der Waals surface area (Å²) in [5.74, 6) is -12.3. The maximum atomic E-state index is 15.8. The average Bonchev–Trinajstić information content (AvgIpc) is 1.48. The van der Waals surface area contributed by atoms with Crippen molar-refractivity contribution in [3.63, 3.8) is 0 Å². The number of anilines is 2. The number of guanidine groups is 1. The third kappa shape index (κ3) is 11.9. The number of carboxylic acid groups (broad SMARTS) is 1. The smallest absolute Gasteiger partial charge is 0.355 e. The van der Waals surface area contributed by atoms with E-state index in [2.05, 4.69) is 30.6 Å². The van der Waals surface area contributed by atoms with Crippen LogP contribution in [0.25, 0.3) is 6.08 Å². The number of aryl methyl sites for hydroxylation is 1. The molecule has 4 heterocycles. The van der Waals surface area contributed by atoms with Crippen molar-refractivity contribution in [1.82, 2.24) is 20.3 Å². The number of aldehydes is 1. The third-order valence-corrected chi connectivity index (χ3v) is 19.3. The van der Waals surface area contributed by atoms with Crippen LogP contribution in [-0.4, -0.2) is 168 Å². The van der Waals surface area contributed by atoms with Crippen LogP contribution in [0, 0.1) is 17.8 Å². The molecule has 0 spiro atoms. The van der Waals surface area contributed by atoms with Gasteiger partial charge in [-0.2, -0.15) is 0 Å². The van der Waals surface area contributed by atoms with Crippen LogP contribution in [0.4, 0.5) is 11.5 Å². The van der Waals surface area contributed by atoms with Crippen LogP contribution in [0.15, 0.2) is 120 Å². The number of nitrogens with one attached hydrogen (secondary N) is 4. The molecule has 13 atom stereocenters. The summed E-state index contributed by atoms with van der Waals surface area (Å²) in [5, 5.41) is 145. The molecule has 5 aliphatic rings. The number of carbonyl (C=O) groups is 3. The van der Waals surface area contributed by atoms with E-state index in [1.165, 1.54) is 36.7 Å². The van der Waals surface area contributed by atoms with Crippen molar-refractivity contribution < 1.29 is 85.1 Å². The molecular weight excluding hydrogens is 1190 g/mol. The number of H-pyrrole nitrogens is 2. The van der Waals surface area contributed by atoms with E-state index >= 15 is 9.59 Å². The fourth-order valence-electron chi connectivity index (χ4n) is 15.2. The van der Waals surface area contributed by atoms with E-state index in [4.69, 9.17) is 15.2 Å². The molecule has 6 aromatic rings. The number of hydrogen-bond acceptors (Lipinski definition) is 19. The molecule has 1 amide bonds. The maximum absolute atomic E-state index is 15.8. The number of hydrogen-bond donors (Lipinski definition) is 17. The van der Waals surface area contributed by atoms with Crippen LogP contribution in [0.5, 0.6) is 28.7 Å². The Morgan fingerprint density at radius 2 is 1.72 bits per heavy atom. The number of imidazole rings is 1. The quantitative estimate of drug-likeness (QED) is 0.00600. The number of aromatic hydroxyl groups is 4. The first-order chi connectivity index (χ1) is 44.3. The van der Waals surface area contributed by atoms with Crippen molar-refractivity contribution >= 4 is 41.7 Å². The number of aromatic nitrogens is 3. The minimum atomic E-state index is -3.39. The van der Waals surface area contributed by atoms with Gasteiger partial charge in [0, 0.05) is 84.0 Å². The number of allylic oxidation sites excluding steroid dienone is 1. The molecule has 0 bridgehead atoms. The Labute approximate surface area is 528 Å². The number of carboxylic acids is 1. The van der Waals surface area contributed by atoms with Gasteiger partial charge in [0.1, 0.15) is 41.9 Å². The molecular formula is C67H78N8O17. The van der Waals surface area contributed by atoms with Gasteiger partial charge in [0.05, 0.1) is 43.0 Å². The summed E-state index contributed by atoms with van der Waals surface area (Å²) in [4.78, 5) is 59.0. The lowest BCUT2D eigenvalue weighted by Gasteiger charge is -2.58. The number of nitrogens with two attached hydrogens (primary N) is 1. The van der Waals surface area contributed by atoms with Crippen LogP contribution in [0.1, 0.15) is 102 Å². The maximum Gasteiger partial charge on any atom is 0.355 e. The highest BCUT2D eigenvalue weighted by Gasteiger charge is 2.72. The topological polar surface area (TPSA) is 423 Å². The summed E-state index contributed by atoms with van der Waals surface area (Å²) in [6, 6.07) is 23.0. The van der Waals surface area contributed by atoms with E-state index in [1.54, 1.807) is 30.5 Å². The van der Waals surface area contributed by atoms with Crippen LogP contribution in [0.2, 0.25) is 0 Å². The predicted molar refractivity (Wildman–Crippen MR) is 334 cm³/mol. The van der Waals surface area contributed by atoms with Crippen molar-refractivity contribution in [2.75, 3.05) is 30.0 Å². The second-order valence-electron chi connectivity index (χ2n) is 24.6. The van der Waals surface area contributed by atoms with Gasteiger partial charge in [0.25, 0.3) is 5.91 Å². The molecule has 2 fully saturated rings. The Morgan fingerprint density at radius 3 is 2.46 bits per heavy atom. The first-order valence-electron chi connectivity index (χ1n) is 30.9. The van der Waals surface area contributed by atoms with Crippen LogP contribution in [-0.2, 0) is 50.3 Å². The number of fused-ring (bicyclic) bond motifs is 6. The predicted octanol–water partition coefficient (Wildman–Crippen LogP) is 3.71. The molecule has 0 radical (unpaired) electrons. The number of aromatic amines is 2. The largest absolute Gasteiger partial charge is 0.508 e. The number of phenolic OH excluding ortho intramolecular Hbond substituents is 4. The summed E-state index contributed by atoms with van der Waals surface area (Å²) in [7, 11) is 0. The fraction of sp³-hybridized carbons (Fsp3) is 0.418. The zero-order chi connectivity index (χ0) is 65.2. The Bertz CT molecular complexity index is 3750. The van der Waals surface area contributed by atoms with Gasteiger partial charge in [-0.15, -0.1) is 0 Å². The van der Waals surface area contributed by atoms with E-state index in [0.29, 0.717) is 91.1 Å². The highest BCUT2D eigenvalue weighted by molar-refractivity contribution is 6.14. The third-order valence-electron chi connectivity index (χ3n) is 19.3. The lowest BCUT2D eigenvalue weighted by molar-refractivity contribution is -0.422. The molecule has 2 aliphatic heterocycles. The molecule has 2 aromatic heterocycles. The summed E-state index contributed by atoms with van der Waals surface area (Å²) in [5.41, 5.74) is 5.96. The minimum absolute atomic E-state index is 0.00195. The number of aliphatic imine (C=N–C) groups is 1. The molecule has 11 rings (SSSR count). The fourth-order valence-corrected chi connectivity index (χ4v) is 15.2. The van der Waals surface area contributed by atoms with E-state index in [-0.39, 0.29) is 66.7 Å². The second-order valence-corrected chi connectivity index (χ2v) is 24.6. The molecule has 25 heteroatoms. The number of phenols is 4. The van der Waals surface area contributed by atoms with Crippen LogP contribution >= 0.6 is 0 Å². The van der Waals surface area contributed by atoms with E-state index in [0.717, 1.165) is 34.5 Å². The summed E-state index contributed by atoms with van der Waals surface area (Å²) >= 11 is 0. The number of aliphatic carboxylic acids is 1. The normalized spacial score (nSPS) is 27.3. The van der Waals surface area contributed by atoms with E-state index in [9.17, 15) is 66.1 Å². The molecule has 92 heavy (non-hydrogen) atoms. The first kappa shape index (κ1) is 64.7. The highest BCUT2D eigenvalue weighted by atomic mass is 16.8. The number of rotatable bonds is 24. The second kappa shape index (κ2) is 26.8. The Balaban J connectivity index is 1.01. The summed E-state index contributed by atoms with van der Waals surface area (Å²) in [6.07, 6.45) is 2.00. The van der Waals surface area contributed by atoms with E-state index < -0.39 is 114 Å². The molecule has 1 saturated carbocycles. The number of amides is 1. The van der Waals surface area contributed by atoms with Crippen LogP contribution < -0.4 is 26.0 Å². The van der Waals surface area contributed by atoms with E-state index in [1.807, 2.05) is 36.4 Å². The van der Waals surface area contributed by atoms with Crippen molar-refractivity contribution in [1.29, 1.82) is 0 Å². The van der Waals surface area contributed by atoms with Gasteiger partial charge in [-0.1, -0.05) is 60.5 Å². The number of carbonyl (C=O) groups excluding carboxylic acids is 2. The molecule has 488 valence electrons. The number of aliphatic hydroxyl groups is 7. The Morgan fingerprint density at radius 1 is 0.913 bits per heavy atom. The summed E-state index contributed by atoms with van der Waals surface area (Å²) in [6.45, 7) is -0.745. The summed E-state index contributed by atoms with van der Waals surface area (Å²) < 4.78 is 11.1. The van der Waals surface area contributed by atoms with Crippen molar-refractivity contribution in [3.8, 4) is 28.7 Å². The van der Waals surface area contributed by atoms with Gasteiger partial charge in [-0.25, -0.2) is 14.8 Å². The average molecular weight is 1270 g/mol. The molecule has 4 aromatic carbocycles. The molecule has 1 saturated heterocycles. The van der Waals surface area contributed by atoms with Crippen molar-refractivity contribution in [2.24, 2.45) is 28.5 Å². The van der Waals surface area contributed by atoms with Gasteiger partial charge < -0.3 is 102 Å². The zero-order valence-electron chi connectivity index (χ0n) is 50.3.